The normalized spacial score (nSPS) is 14.2. The van der Waals surface area contributed by atoms with Crippen LogP contribution in [0.2, 0.25) is 0 Å². The number of hydrogen-bond donors (Lipinski definition) is 0. The molecule has 0 spiro atoms. The number of nitrogens with zero attached hydrogens (tertiary/aromatic N) is 3. The van der Waals surface area contributed by atoms with Crippen LogP contribution in [0.4, 0.5) is 5.69 Å². The fourth-order valence-electron chi connectivity index (χ4n) is 2.95. The molecule has 6 heteroatoms. The van der Waals surface area contributed by atoms with E-state index in [1.165, 1.54) is 0 Å². The number of pyridine rings is 1. The van der Waals surface area contributed by atoms with Gasteiger partial charge in [0.2, 0.25) is 0 Å². The van der Waals surface area contributed by atoms with Crippen LogP contribution in [0.15, 0.2) is 48.8 Å². The van der Waals surface area contributed by atoms with Crippen molar-refractivity contribution in [1.29, 1.82) is 0 Å². The molecule has 1 aromatic carbocycles. The SMILES string of the molecule is CCC(=O)c1ccc(OCC(=O)N2CCN(c3ccncc3)CC2)cc1. The van der Waals surface area contributed by atoms with Crippen molar-refractivity contribution in [2.75, 3.05) is 37.7 Å². The van der Waals surface area contributed by atoms with Crippen LogP contribution >= 0.6 is 0 Å². The summed E-state index contributed by atoms with van der Waals surface area (Å²) in [5, 5.41) is 0. The summed E-state index contributed by atoms with van der Waals surface area (Å²) < 4.78 is 5.58. The predicted octanol–water partition coefficient (Wildman–Crippen LogP) is 2.40. The van der Waals surface area contributed by atoms with Gasteiger partial charge in [-0.25, -0.2) is 0 Å². The Bertz CT molecular complexity index is 739. The molecule has 26 heavy (non-hydrogen) atoms. The van der Waals surface area contributed by atoms with Crippen LogP contribution in [-0.4, -0.2) is 54.4 Å². The minimum atomic E-state index is -0.0203. The number of amides is 1. The molecule has 0 bridgehead atoms. The number of hydrogen-bond acceptors (Lipinski definition) is 5. The van der Waals surface area contributed by atoms with Crippen LogP contribution in [0.5, 0.6) is 5.75 Å². The maximum absolute atomic E-state index is 12.4. The van der Waals surface area contributed by atoms with Gasteiger partial charge in [-0.2, -0.15) is 0 Å². The zero-order chi connectivity index (χ0) is 18.4. The summed E-state index contributed by atoms with van der Waals surface area (Å²) in [7, 11) is 0. The lowest BCUT2D eigenvalue weighted by atomic mass is 10.1. The summed E-state index contributed by atoms with van der Waals surface area (Å²) >= 11 is 0. The molecule has 0 N–H and O–H groups in total. The molecule has 1 saturated heterocycles. The smallest absolute Gasteiger partial charge is 0.260 e. The highest BCUT2D eigenvalue weighted by Gasteiger charge is 2.21. The number of benzene rings is 1. The van der Waals surface area contributed by atoms with Crippen molar-refractivity contribution in [2.24, 2.45) is 0 Å². The Morgan fingerprint density at radius 1 is 1.00 bits per heavy atom. The van der Waals surface area contributed by atoms with Gasteiger partial charge in [-0.3, -0.25) is 14.6 Å². The number of ketones is 1. The third-order valence-corrected chi connectivity index (χ3v) is 4.52. The van der Waals surface area contributed by atoms with Crippen LogP contribution in [-0.2, 0) is 4.79 Å². The lowest BCUT2D eigenvalue weighted by molar-refractivity contribution is -0.133. The van der Waals surface area contributed by atoms with Crippen LogP contribution in [0.3, 0.4) is 0 Å². The first-order chi connectivity index (χ1) is 12.7. The molecule has 1 amide bonds. The molecule has 1 aromatic heterocycles. The standard InChI is InChI=1S/C20H23N3O3/c1-2-19(24)16-3-5-18(6-4-16)26-15-20(25)23-13-11-22(12-14-23)17-7-9-21-10-8-17/h3-10H,2,11-15H2,1H3. The van der Waals surface area contributed by atoms with Crippen molar-refractivity contribution in [2.45, 2.75) is 13.3 Å². The molecule has 2 aromatic rings. The summed E-state index contributed by atoms with van der Waals surface area (Å²) in [6.07, 6.45) is 4.03. The molecule has 1 fully saturated rings. The van der Waals surface area contributed by atoms with Crippen LogP contribution in [0.25, 0.3) is 0 Å². The van der Waals surface area contributed by atoms with E-state index in [0.29, 0.717) is 30.8 Å². The lowest BCUT2D eigenvalue weighted by Crippen LogP contribution is -2.50. The van der Waals surface area contributed by atoms with E-state index in [0.717, 1.165) is 18.8 Å². The summed E-state index contributed by atoms with van der Waals surface area (Å²) in [6.45, 7) is 4.78. The predicted molar refractivity (Wildman–Crippen MR) is 99.6 cm³/mol. The number of ether oxygens (including phenoxy) is 1. The largest absolute Gasteiger partial charge is 0.484 e. The fraction of sp³-hybridized carbons (Fsp3) is 0.350. The molecular weight excluding hydrogens is 330 g/mol. The van der Waals surface area contributed by atoms with E-state index in [4.69, 9.17) is 4.74 Å². The van der Waals surface area contributed by atoms with Crippen LogP contribution < -0.4 is 9.64 Å². The van der Waals surface area contributed by atoms with Crippen molar-refractivity contribution in [3.8, 4) is 5.75 Å². The summed E-state index contributed by atoms with van der Waals surface area (Å²) in [5.41, 5.74) is 1.79. The van der Waals surface area contributed by atoms with E-state index in [1.54, 1.807) is 36.7 Å². The molecule has 1 aliphatic rings. The molecule has 1 aliphatic heterocycles. The first-order valence-corrected chi connectivity index (χ1v) is 8.86. The second-order valence-corrected chi connectivity index (χ2v) is 6.16. The molecule has 136 valence electrons. The van der Waals surface area contributed by atoms with Gasteiger partial charge in [0, 0.05) is 56.2 Å². The topological polar surface area (TPSA) is 62.7 Å². The number of aromatic nitrogens is 1. The van der Waals surface area contributed by atoms with E-state index in [1.807, 2.05) is 24.0 Å². The van der Waals surface area contributed by atoms with Gasteiger partial charge >= 0.3 is 0 Å². The first kappa shape index (κ1) is 17.9. The van der Waals surface area contributed by atoms with Gasteiger partial charge in [0.25, 0.3) is 5.91 Å². The number of anilines is 1. The van der Waals surface area contributed by atoms with E-state index < -0.39 is 0 Å². The number of piperazine rings is 1. The first-order valence-electron chi connectivity index (χ1n) is 8.86. The Kier molecular flexibility index (Phi) is 5.84. The Balaban J connectivity index is 1.46. The molecule has 0 aliphatic carbocycles. The van der Waals surface area contributed by atoms with Crippen molar-refractivity contribution < 1.29 is 14.3 Å². The van der Waals surface area contributed by atoms with Crippen LogP contribution in [0, 0.1) is 0 Å². The maximum Gasteiger partial charge on any atom is 0.260 e. The summed E-state index contributed by atoms with van der Waals surface area (Å²) in [5.74, 6) is 0.675. The molecule has 0 saturated carbocycles. The quantitative estimate of drug-likeness (QED) is 0.746. The van der Waals surface area contributed by atoms with Crippen molar-refractivity contribution in [3.63, 3.8) is 0 Å². The molecule has 0 atom stereocenters. The van der Waals surface area contributed by atoms with Crippen LogP contribution in [0.1, 0.15) is 23.7 Å². The molecule has 2 heterocycles. The Labute approximate surface area is 153 Å². The van der Waals surface area contributed by atoms with Crippen molar-refractivity contribution >= 4 is 17.4 Å². The van der Waals surface area contributed by atoms with Gasteiger partial charge in [0.1, 0.15) is 5.75 Å². The highest BCUT2D eigenvalue weighted by Crippen LogP contribution is 2.16. The number of carbonyl (C=O) groups is 2. The Hall–Kier alpha value is -2.89. The van der Waals surface area contributed by atoms with Crippen molar-refractivity contribution in [1.82, 2.24) is 9.88 Å². The molecular formula is C20H23N3O3. The van der Waals surface area contributed by atoms with Gasteiger partial charge in [-0.15, -0.1) is 0 Å². The van der Waals surface area contributed by atoms with Gasteiger partial charge < -0.3 is 14.5 Å². The van der Waals surface area contributed by atoms with E-state index >= 15 is 0 Å². The lowest BCUT2D eigenvalue weighted by Gasteiger charge is -2.36. The minimum absolute atomic E-state index is 0.0102. The number of Topliss-reactive ketones (excluding diaryl/α,β-unsaturated/α-hetero) is 1. The zero-order valence-electron chi connectivity index (χ0n) is 14.9. The number of carbonyl (C=O) groups excluding carboxylic acids is 2. The van der Waals surface area contributed by atoms with Gasteiger partial charge in [0.15, 0.2) is 12.4 Å². The second-order valence-electron chi connectivity index (χ2n) is 6.16. The Morgan fingerprint density at radius 2 is 1.65 bits per heavy atom. The highest BCUT2D eigenvalue weighted by atomic mass is 16.5. The third-order valence-electron chi connectivity index (χ3n) is 4.52. The molecule has 0 unspecified atom stereocenters. The zero-order valence-corrected chi connectivity index (χ0v) is 14.9. The Morgan fingerprint density at radius 3 is 2.27 bits per heavy atom. The fourth-order valence-corrected chi connectivity index (χ4v) is 2.95. The maximum atomic E-state index is 12.4. The molecule has 0 radical (unpaired) electrons. The summed E-state index contributed by atoms with van der Waals surface area (Å²) in [4.78, 5) is 32.1. The van der Waals surface area contributed by atoms with Gasteiger partial charge in [-0.05, 0) is 36.4 Å². The third kappa shape index (κ3) is 4.39. The van der Waals surface area contributed by atoms with E-state index in [-0.39, 0.29) is 18.3 Å². The van der Waals surface area contributed by atoms with Crippen molar-refractivity contribution in [3.05, 3.63) is 54.4 Å². The monoisotopic (exact) mass is 353 g/mol. The second kappa shape index (κ2) is 8.47. The molecule has 6 nitrogen and oxygen atoms in total. The minimum Gasteiger partial charge on any atom is -0.484 e. The van der Waals surface area contributed by atoms with Gasteiger partial charge in [0.05, 0.1) is 0 Å². The highest BCUT2D eigenvalue weighted by molar-refractivity contribution is 5.95. The summed E-state index contributed by atoms with van der Waals surface area (Å²) in [6, 6.07) is 10.9. The average Bonchev–Trinajstić information content (AvgIpc) is 2.72. The average molecular weight is 353 g/mol. The van der Waals surface area contributed by atoms with E-state index in [2.05, 4.69) is 9.88 Å². The number of rotatable bonds is 6. The van der Waals surface area contributed by atoms with E-state index in [9.17, 15) is 9.59 Å². The molecule has 3 rings (SSSR count). The van der Waals surface area contributed by atoms with Gasteiger partial charge in [-0.1, -0.05) is 6.92 Å².